The topological polar surface area (TPSA) is 38.1 Å². The van der Waals surface area contributed by atoms with Crippen molar-refractivity contribution in [3.63, 3.8) is 0 Å². The summed E-state index contributed by atoms with van der Waals surface area (Å²) in [6.45, 7) is 7.44. The highest BCUT2D eigenvalue weighted by atomic mass is 16.3. The van der Waals surface area contributed by atoms with Gasteiger partial charge >= 0.3 is 0 Å². The molecule has 0 aliphatic carbocycles. The molecule has 0 spiro atoms. The molecule has 0 aliphatic heterocycles. The van der Waals surface area contributed by atoms with Gasteiger partial charge in [-0.2, -0.15) is 5.10 Å². The maximum Gasteiger partial charge on any atom is 0.0715 e. The molecule has 3 heteroatoms. The summed E-state index contributed by atoms with van der Waals surface area (Å²) in [7, 11) is 0. The van der Waals surface area contributed by atoms with E-state index in [0.717, 1.165) is 24.2 Å². The summed E-state index contributed by atoms with van der Waals surface area (Å²) in [6, 6.07) is 0. The van der Waals surface area contributed by atoms with Crippen molar-refractivity contribution < 1.29 is 5.11 Å². The summed E-state index contributed by atoms with van der Waals surface area (Å²) in [5, 5.41) is 13.2. The van der Waals surface area contributed by atoms with Gasteiger partial charge in [-0.15, -0.1) is 0 Å². The molecule has 1 aromatic heterocycles. The standard InChI is InChI=1S/C10H18N2O/c1-8(2)4-5-12-9(3)10(7-13)6-11-12/h6,8,13H,4-5,7H2,1-3H3. The van der Waals surface area contributed by atoms with Gasteiger partial charge in [0, 0.05) is 17.8 Å². The first kappa shape index (κ1) is 10.3. The second-order valence-corrected chi connectivity index (χ2v) is 3.82. The highest BCUT2D eigenvalue weighted by Gasteiger charge is 2.05. The highest BCUT2D eigenvalue weighted by molar-refractivity contribution is 5.14. The van der Waals surface area contributed by atoms with Crippen molar-refractivity contribution in [2.75, 3.05) is 0 Å². The third kappa shape index (κ3) is 2.56. The molecule has 0 amide bonds. The van der Waals surface area contributed by atoms with Gasteiger partial charge in [-0.25, -0.2) is 0 Å². The average molecular weight is 182 g/mol. The smallest absolute Gasteiger partial charge is 0.0715 e. The van der Waals surface area contributed by atoms with Crippen LogP contribution < -0.4 is 0 Å². The molecule has 1 aromatic rings. The van der Waals surface area contributed by atoms with E-state index in [1.54, 1.807) is 6.20 Å². The SMILES string of the molecule is Cc1c(CO)cnn1CCC(C)C. The van der Waals surface area contributed by atoms with Crippen molar-refractivity contribution in [3.05, 3.63) is 17.5 Å². The van der Waals surface area contributed by atoms with Crippen molar-refractivity contribution in [1.29, 1.82) is 0 Å². The van der Waals surface area contributed by atoms with Crippen molar-refractivity contribution in [1.82, 2.24) is 9.78 Å². The molecular weight excluding hydrogens is 164 g/mol. The molecule has 0 radical (unpaired) electrons. The molecule has 0 fully saturated rings. The van der Waals surface area contributed by atoms with E-state index in [2.05, 4.69) is 18.9 Å². The maximum atomic E-state index is 8.96. The molecule has 0 saturated heterocycles. The molecule has 0 atom stereocenters. The molecule has 0 unspecified atom stereocenters. The predicted octanol–water partition coefficient (Wildman–Crippen LogP) is 1.73. The van der Waals surface area contributed by atoms with Gasteiger partial charge in [-0.05, 0) is 19.3 Å². The van der Waals surface area contributed by atoms with Crippen molar-refractivity contribution >= 4 is 0 Å². The number of hydrogen-bond acceptors (Lipinski definition) is 2. The van der Waals surface area contributed by atoms with Crippen LogP contribution in [0.25, 0.3) is 0 Å². The van der Waals surface area contributed by atoms with E-state index in [-0.39, 0.29) is 6.61 Å². The second kappa shape index (κ2) is 4.42. The fraction of sp³-hybridized carbons (Fsp3) is 0.700. The van der Waals surface area contributed by atoms with Crippen LogP contribution in [0, 0.1) is 12.8 Å². The van der Waals surface area contributed by atoms with Gasteiger partial charge in [0.15, 0.2) is 0 Å². The Bertz CT molecular complexity index is 266. The van der Waals surface area contributed by atoms with Gasteiger partial charge in [0.1, 0.15) is 0 Å². The Kier molecular flexibility index (Phi) is 3.48. The number of nitrogens with zero attached hydrogens (tertiary/aromatic N) is 2. The fourth-order valence-corrected chi connectivity index (χ4v) is 1.25. The van der Waals surface area contributed by atoms with Crippen LogP contribution in [0.15, 0.2) is 6.20 Å². The van der Waals surface area contributed by atoms with Gasteiger partial charge in [0.05, 0.1) is 12.8 Å². The van der Waals surface area contributed by atoms with Crippen LogP contribution >= 0.6 is 0 Å². The molecule has 0 saturated carbocycles. The predicted molar refractivity (Wildman–Crippen MR) is 52.3 cm³/mol. The fourth-order valence-electron chi connectivity index (χ4n) is 1.25. The minimum atomic E-state index is 0.0908. The largest absolute Gasteiger partial charge is 0.392 e. The Labute approximate surface area is 79.4 Å². The Morgan fingerprint density at radius 3 is 2.69 bits per heavy atom. The molecule has 13 heavy (non-hydrogen) atoms. The van der Waals surface area contributed by atoms with Gasteiger partial charge < -0.3 is 5.11 Å². The van der Waals surface area contributed by atoms with E-state index >= 15 is 0 Å². The first-order valence-electron chi connectivity index (χ1n) is 4.77. The van der Waals surface area contributed by atoms with Gasteiger partial charge in [-0.1, -0.05) is 13.8 Å². The highest BCUT2D eigenvalue weighted by Crippen LogP contribution is 2.09. The number of aromatic nitrogens is 2. The molecule has 0 aromatic carbocycles. The third-order valence-corrected chi connectivity index (χ3v) is 2.29. The van der Waals surface area contributed by atoms with E-state index in [4.69, 9.17) is 5.11 Å². The van der Waals surface area contributed by atoms with Crippen molar-refractivity contribution in [2.45, 2.75) is 40.3 Å². The summed E-state index contributed by atoms with van der Waals surface area (Å²) < 4.78 is 1.96. The van der Waals surface area contributed by atoms with E-state index in [1.165, 1.54) is 0 Å². The Morgan fingerprint density at radius 2 is 2.23 bits per heavy atom. The van der Waals surface area contributed by atoms with Crippen LogP contribution in [0.5, 0.6) is 0 Å². The van der Waals surface area contributed by atoms with Crippen molar-refractivity contribution in [3.8, 4) is 0 Å². The molecule has 1 N–H and O–H groups in total. The van der Waals surface area contributed by atoms with Crippen LogP contribution in [-0.2, 0) is 13.2 Å². The number of aliphatic hydroxyl groups excluding tert-OH is 1. The maximum absolute atomic E-state index is 8.96. The minimum absolute atomic E-state index is 0.0908. The molecule has 1 rings (SSSR count). The second-order valence-electron chi connectivity index (χ2n) is 3.82. The zero-order valence-electron chi connectivity index (χ0n) is 8.62. The van der Waals surface area contributed by atoms with Crippen LogP contribution in [0.4, 0.5) is 0 Å². The number of aryl methyl sites for hydroxylation is 1. The van der Waals surface area contributed by atoms with Crippen molar-refractivity contribution in [2.24, 2.45) is 5.92 Å². The lowest BCUT2D eigenvalue weighted by atomic mass is 10.1. The third-order valence-electron chi connectivity index (χ3n) is 2.29. The molecule has 3 nitrogen and oxygen atoms in total. The summed E-state index contributed by atoms with van der Waals surface area (Å²) in [5.74, 6) is 0.696. The van der Waals surface area contributed by atoms with Crippen LogP contribution in [0.2, 0.25) is 0 Å². The summed E-state index contributed by atoms with van der Waals surface area (Å²) >= 11 is 0. The lowest BCUT2D eigenvalue weighted by Crippen LogP contribution is -2.05. The van der Waals surface area contributed by atoms with Crippen LogP contribution in [-0.4, -0.2) is 14.9 Å². The number of aliphatic hydroxyl groups is 1. The molecule has 0 aliphatic rings. The average Bonchev–Trinajstić information content (AvgIpc) is 2.43. The summed E-state index contributed by atoms with van der Waals surface area (Å²) in [5.41, 5.74) is 2.02. The Balaban J connectivity index is 2.62. The van der Waals surface area contributed by atoms with E-state index in [0.29, 0.717) is 5.92 Å². The molecular formula is C10H18N2O. The van der Waals surface area contributed by atoms with E-state index < -0.39 is 0 Å². The zero-order valence-corrected chi connectivity index (χ0v) is 8.62. The van der Waals surface area contributed by atoms with Gasteiger partial charge in [0.25, 0.3) is 0 Å². The van der Waals surface area contributed by atoms with Gasteiger partial charge in [-0.3, -0.25) is 4.68 Å². The number of hydrogen-bond donors (Lipinski definition) is 1. The monoisotopic (exact) mass is 182 g/mol. The lowest BCUT2D eigenvalue weighted by molar-refractivity contribution is 0.280. The number of rotatable bonds is 4. The zero-order chi connectivity index (χ0) is 9.84. The first-order chi connectivity index (χ1) is 6.15. The molecule has 74 valence electrons. The molecule has 1 heterocycles. The van der Waals surface area contributed by atoms with E-state index in [9.17, 15) is 0 Å². The summed E-state index contributed by atoms with van der Waals surface area (Å²) in [6.07, 6.45) is 2.88. The first-order valence-corrected chi connectivity index (χ1v) is 4.77. The quantitative estimate of drug-likeness (QED) is 0.770. The van der Waals surface area contributed by atoms with Gasteiger partial charge in [0.2, 0.25) is 0 Å². The molecule has 0 bridgehead atoms. The lowest BCUT2D eigenvalue weighted by Gasteiger charge is -2.06. The van der Waals surface area contributed by atoms with Crippen LogP contribution in [0.3, 0.4) is 0 Å². The van der Waals surface area contributed by atoms with Crippen LogP contribution in [0.1, 0.15) is 31.5 Å². The Morgan fingerprint density at radius 1 is 1.54 bits per heavy atom. The Hall–Kier alpha value is -0.830. The normalized spacial score (nSPS) is 11.2. The minimum Gasteiger partial charge on any atom is -0.392 e. The van der Waals surface area contributed by atoms with E-state index in [1.807, 2.05) is 11.6 Å². The summed E-state index contributed by atoms with van der Waals surface area (Å²) in [4.78, 5) is 0.